The quantitative estimate of drug-likeness (QED) is 0.0215. The number of aliphatic carboxylic acids is 1. The molecule has 6 amide bonds. The third-order valence-electron chi connectivity index (χ3n) is 24.8. The number of halogens is 6. The molecule has 26 heteroatoms. The van der Waals surface area contributed by atoms with Crippen molar-refractivity contribution >= 4 is 111 Å². The van der Waals surface area contributed by atoms with Crippen LogP contribution in [-0.4, -0.2) is 229 Å². The largest absolute Gasteiger partial charge is 0.481 e. The van der Waals surface area contributed by atoms with Gasteiger partial charge in [-0.3, -0.25) is 33.6 Å². The third-order valence-corrected chi connectivity index (χ3v) is 27.0. The smallest absolute Gasteiger partial charge is 0.306 e. The van der Waals surface area contributed by atoms with Crippen LogP contribution in [0.2, 0.25) is 30.1 Å². The summed E-state index contributed by atoms with van der Waals surface area (Å²) in [6.07, 6.45) is 17.3. The molecule has 12 rings (SSSR count). The summed E-state index contributed by atoms with van der Waals surface area (Å²) in [6, 6.07) is 45.4. The lowest BCUT2D eigenvalue weighted by Crippen LogP contribution is -2.51. The van der Waals surface area contributed by atoms with Crippen molar-refractivity contribution in [1.82, 2.24) is 61.3 Å². The standard InChI is InChI=1S/C31H40Cl2N4O4.2C31H42Cl2N4O2/c1-2-21(22-6-4-3-5-7-22)20-37-17-12-25(19-34-29(38)24-8-9-26(32)27(33)18-24)35-28(30(37)39)13-16-36-14-10-23(11-15-36)31(40)41;1-3-23(24-10-5-4-6-11-24)21-37-17-14-26(20-34-30(38)25-12-13-27(32)28(33)19-25)35-29(31(37)39)15-18-36-16-8-7-9-22(36)2;1-2-23(24-10-6-5-7-11-24)22-37-19-14-26(21-34-30(38)25-12-13-27(32)28(33)20-25)35-29(31(37)39)15-18-36-16-8-3-4-9-17-36/h3-9,18,21,23,25,28,35H,2,10-17,19-20H2,1H3,(H,34,38)(H,40,41);4-6,10-13,19,22-23,26,29,35H,3,7-9,14-18,20-21H2,1-2H3,(H,34,38);5-7,10-13,20,23,26,29,35H,2-4,8-9,14-19,21-22H2,1H3,(H,34,38)/t21-,25+,28+;22-,23+,26-,29-;23-,26+,29+/m101/s1. The molecule has 6 aliphatic rings. The number of nitrogens with zero attached hydrogens (tertiary/aromatic N) is 6. The Labute approximate surface area is 735 Å². The zero-order valence-corrected chi connectivity index (χ0v) is 74.2. The number of rotatable bonds is 31. The highest BCUT2D eigenvalue weighted by Gasteiger charge is 2.38. The third kappa shape index (κ3) is 29.1. The lowest BCUT2D eigenvalue weighted by molar-refractivity contribution is -0.143. The fourth-order valence-corrected chi connectivity index (χ4v) is 18.2. The van der Waals surface area contributed by atoms with Crippen molar-refractivity contribution in [2.75, 3.05) is 111 Å². The van der Waals surface area contributed by atoms with Gasteiger partial charge >= 0.3 is 5.97 Å². The number of likely N-dealkylation sites (tertiary alicyclic amines) is 3. The maximum Gasteiger partial charge on any atom is 0.306 e. The molecular weight excluding hydrogens is 1630 g/mol. The number of hydrogen-bond acceptors (Lipinski definition) is 13. The number of carbonyl (C=O) groups is 7. The molecule has 6 aromatic carbocycles. The van der Waals surface area contributed by atoms with Crippen molar-refractivity contribution in [3.63, 3.8) is 0 Å². The molecule has 6 aromatic rings. The lowest BCUT2D eigenvalue weighted by atomic mass is 9.95. The predicted octanol–water partition coefficient (Wildman–Crippen LogP) is 16.1. The topological polar surface area (TPSA) is 231 Å². The molecule has 0 radical (unpaired) electrons. The molecule has 7 N–H and O–H groups in total. The SMILES string of the molecule is CC[C@H](CN1CC[C@@H](CNC(=O)c2ccc(Cl)c(Cl)c2)N[C@@H](CCN2CCC(C(=O)O)CC2)C1=O)c1ccccc1.CC[C@H](CN1CC[C@@H](CNC(=O)c2ccc(Cl)c(Cl)c2)N[C@@H](CCN2CCCCCC2)C1=O)c1ccccc1.CC[C@H](CN1CC[C@@H](CNC(=O)c2ccc(Cl)c(Cl)c2)N[C@@H](CCN2CCCC[C@@H]2C)C1=O)c1ccccc1. The minimum absolute atomic E-state index is 0.00314. The van der Waals surface area contributed by atoms with Gasteiger partial charge in [0.25, 0.3) is 17.7 Å². The summed E-state index contributed by atoms with van der Waals surface area (Å²) in [6.45, 7) is 21.4. The van der Waals surface area contributed by atoms with Crippen LogP contribution in [0.15, 0.2) is 146 Å². The zero-order chi connectivity index (χ0) is 84.7. The highest BCUT2D eigenvalue weighted by molar-refractivity contribution is 6.43. The van der Waals surface area contributed by atoms with Crippen LogP contribution in [0.1, 0.15) is 209 Å². The summed E-state index contributed by atoms with van der Waals surface area (Å²) in [4.78, 5) is 105. The van der Waals surface area contributed by atoms with Crippen LogP contribution in [0.25, 0.3) is 0 Å². The predicted molar refractivity (Wildman–Crippen MR) is 481 cm³/mol. The second kappa shape index (κ2) is 48.8. The first kappa shape index (κ1) is 94.4. The van der Waals surface area contributed by atoms with Crippen LogP contribution in [0.5, 0.6) is 0 Å². The van der Waals surface area contributed by atoms with Gasteiger partial charge in [0.05, 0.1) is 54.2 Å². The first-order valence-electron chi connectivity index (χ1n) is 43.4. The van der Waals surface area contributed by atoms with Crippen molar-refractivity contribution in [1.29, 1.82) is 0 Å². The summed E-state index contributed by atoms with van der Waals surface area (Å²) in [7, 11) is 0. The van der Waals surface area contributed by atoms with Crippen LogP contribution in [0, 0.1) is 5.92 Å². The molecule has 0 aromatic heterocycles. The van der Waals surface area contributed by atoms with Crippen molar-refractivity contribution in [2.24, 2.45) is 5.92 Å². The Morgan fingerprint density at radius 3 is 1.04 bits per heavy atom. The highest BCUT2D eigenvalue weighted by atomic mass is 35.5. The minimum atomic E-state index is -0.726. The molecule has 0 unspecified atom stereocenters. The van der Waals surface area contributed by atoms with Crippen LogP contribution in [-0.2, 0) is 19.2 Å². The number of nitrogens with one attached hydrogen (secondary N) is 6. The Bertz CT molecular complexity index is 4200. The molecule has 0 saturated carbocycles. The molecule has 10 atom stereocenters. The van der Waals surface area contributed by atoms with Gasteiger partial charge in [-0.05, 0) is 207 Å². The summed E-state index contributed by atoms with van der Waals surface area (Å²) < 4.78 is 0. The number of benzene rings is 6. The summed E-state index contributed by atoms with van der Waals surface area (Å²) in [5, 5.41) is 31.5. The Balaban J connectivity index is 0.000000188. The number of carbonyl (C=O) groups excluding carboxylic acids is 6. The Hall–Kier alpha value is -6.89. The lowest BCUT2D eigenvalue weighted by Gasteiger charge is -2.35. The van der Waals surface area contributed by atoms with Gasteiger partial charge < -0.3 is 66.4 Å². The van der Waals surface area contributed by atoms with Gasteiger partial charge in [0.2, 0.25) is 17.7 Å². The maximum atomic E-state index is 13.9. The second-order valence-corrected chi connectivity index (χ2v) is 35.4. The highest BCUT2D eigenvalue weighted by Crippen LogP contribution is 2.31. The fraction of sp³-hybridized carbons (Fsp3) is 0.538. The molecule has 0 aliphatic carbocycles. The summed E-state index contributed by atoms with van der Waals surface area (Å²) in [5.41, 5.74) is 5.15. The van der Waals surface area contributed by atoms with E-state index in [-0.39, 0.29) is 77.5 Å². The van der Waals surface area contributed by atoms with E-state index in [1.807, 2.05) is 35.2 Å². The Morgan fingerprint density at radius 2 is 0.723 bits per heavy atom. The Kier molecular flexibility index (Phi) is 38.7. The van der Waals surface area contributed by atoms with Crippen molar-refractivity contribution < 1.29 is 38.7 Å². The summed E-state index contributed by atoms with van der Waals surface area (Å²) >= 11 is 36.4. The number of carboxylic acids is 1. The molecule has 6 saturated heterocycles. The van der Waals surface area contributed by atoms with E-state index < -0.39 is 12.0 Å². The van der Waals surface area contributed by atoms with Gasteiger partial charge in [0.1, 0.15) is 0 Å². The van der Waals surface area contributed by atoms with Crippen LogP contribution < -0.4 is 31.9 Å². The van der Waals surface area contributed by atoms with E-state index in [1.165, 1.54) is 61.6 Å². The van der Waals surface area contributed by atoms with E-state index >= 15 is 0 Å². The van der Waals surface area contributed by atoms with E-state index in [2.05, 4.69) is 145 Å². The van der Waals surface area contributed by atoms with E-state index in [1.54, 1.807) is 54.6 Å². The van der Waals surface area contributed by atoms with E-state index in [0.717, 1.165) is 90.8 Å². The van der Waals surface area contributed by atoms with Gasteiger partial charge in [0, 0.05) is 137 Å². The molecule has 6 aliphatic heterocycles. The van der Waals surface area contributed by atoms with Crippen molar-refractivity contribution in [3.8, 4) is 0 Å². The molecule has 119 heavy (non-hydrogen) atoms. The zero-order valence-electron chi connectivity index (χ0n) is 69.7. The number of carboxylic acid groups (broad SMARTS) is 1. The maximum absolute atomic E-state index is 13.9. The fourth-order valence-electron chi connectivity index (χ4n) is 17.3. The molecule has 6 fully saturated rings. The summed E-state index contributed by atoms with van der Waals surface area (Å²) in [5.74, 6) is -0.385. The number of hydrogen-bond donors (Lipinski definition) is 7. The van der Waals surface area contributed by atoms with Gasteiger partial charge in [-0.15, -0.1) is 0 Å². The molecular formula is C93H124Cl6N12O8. The van der Waals surface area contributed by atoms with E-state index in [9.17, 15) is 38.7 Å². The average Bonchev–Trinajstić information content (AvgIpc) is 1.75. The normalized spacial score (nSPS) is 22.1. The molecule has 6 heterocycles. The molecule has 0 bridgehead atoms. The van der Waals surface area contributed by atoms with E-state index in [4.69, 9.17) is 69.6 Å². The number of piperidine rings is 2. The monoisotopic (exact) mass is 1750 g/mol. The second-order valence-electron chi connectivity index (χ2n) is 33.0. The van der Waals surface area contributed by atoms with Gasteiger partial charge in [-0.1, -0.05) is 201 Å². The average molecular weight is 1750 g/mol. The molecule has 20 nitrogen and oxygen atoms in total. The first-order valence-corrected chi connectivity index (χ1v) is 45.7. The van der Waals surface area contributed by atoms with Crippen molar-refractivity contribution in [3.05, 3.63) is 209 Å². The van der Waals surface area contributed by atoms with Gasteiger partial charge in [-0.25, -0.2) is 0 Å². The first-order chi connectivity index (χ1) is 57.5. The Morgan fingerprint density at radius 1 is 0.395 bits per heavy atom. The van der Waals surface area contributed by atoms with Crippen LogP contribution in [0.3, 0.4) is 0 Å². The minimum Gasteiger partial charge on any atom is -0.481 e. The van der Waals surface area contributed by atoms with Gasteiger partial charge in [-0.2, -0.15) is 0 Å². The molecule has 646 valence electrons. The number of amides is 6. The van der Waals surface area contributed by atoms with Crippen LogP contribution in [0.4, 0.5) is 0 Å². The van der Waals surface area contributed by atoms with Crippen molar-refractivity contribution in [2.45, 2.75) is 203 Å². The van der Waals surface area contributed by atoms with Gasteiger partial charge in [0.15, 0.2) is 0 Å². The van der Waals surface area contributed by atoms with Crippen LogP contribution >= 0.6 is 69.6 Å². The van der Waals surface area contributed by atoms with E-state index in [0.29, 0.717) is 156 Å². The molecule has 0 spiro atoms.